The molecule has 0 spiro atoms. The van der Waals surface area contributed by atoms with Gasteiger partial charge in [0, 0.05) is 19.0 Å². The summed E-state index contributed by atoms with van der Waals surface area (Å²) in [5, 5.41) is 3.70. The van der Waals surface area contributed by atoms with Crippen molar-refractivity contribution in [1.82, 2.24) is 16.2 Å². The van der Waals surface area contributed by atoms with Crippen LogP contribution in [0.3, 0.4) is 0 Å². The van der Waals surface area contributed by atoms with Gasteiger partial charge in [-0.05, 0) is 50.0 Å². The number of anilines is 1. The summed E-state index contributed by atoms with van der Waals surface area (Å²) >= 11 is 5.28. The van der Waals surface area contributed by atoms with E-state index in [0.29, 0.717) is 28.5 Å². The van der Waals surface area contributed by atoms with Crippen molar-refractivity contribution < 1.29 is 14.3 Å². The molecule has 3 N–H and O–H groups in total. The van der Waals surface area contributed by atoms with E-state index in [9.17, 15) is 9.59 Å². The second-order valence-electron chi connectivity index (χ2n) is 7.48. The Morgan fingerprint density at radius 1 is 1.21 bits per heavy atom. The Balaban J connectivity index is 1.46. The van der Waals surface area contributed by atoms with Crippen molar-refractivity contribution in [2.24, 2.45) is 5.92 Å². The Labute approximate surface area is 171 Å². The molecule has 3 atom stereocenters. The SMILES string of the molecule is CC1Oc2ccccc2N(CCC(=O)NNC(=S)NC2CCCCC2C)C1=O. The number of carbonyl (C=O) groups is 2. The smallest absolute Gasteiger partial charge is 0.267 e. The van der Waals surface area contributed by atoms with E-state index in [0.717, 1.165) is 6.42 Å². The molecule has 0 radical (unpaired) electrons. The lowest BCUT2D eigenvalue weighted by Crippen LogP contribution is -2.52. The summed E-state index contributed by atoms with van der Waals surface area (Å²) in [6.45, 7) is 4.20. The number of fused-ring (bicyclic) bond motifs is 1. The van der Waals surface area contributed by atoms with E-state index in [2.05, 4.69) is 23.1 Å². The number of benzene rings is 1. The first-order valence-corrected chi connectivity index (χ1v) is 10.3. The fraction of sp³-hybridized carbons (Fsp3) is 0.550. The number of ether oxygens (including phenoxy) is 1. The number of nitrogens with zero attached hydrogens (tertiary/aromatic N) is 1. The first-order chi connectivity index (χ1) is 13.5. The van der Waals surface area contributed by atoms with E-state index in [1.165, 1.54) is 19.3 Å². The molecule has 1 aromatic rings. The summed E-state index contributed by atoms with van der Waals surface area (Å²) < 4.78 is 5.61. The molecule has 152 valence electrons. The molecule has 7 nitrogen and oxygen atoms in total. The van der Waals surface area contributed by atoms with Gasteiger partial charge in [0.1, 0.15) is 5.75 Å². The summed E-state index contributed by atoms with van der Waals surface area (Å²) in [6, 6.07) is 7.69. The van der Waals surface area contributed by atoms with Gasteiger partial charge in [0.2, 0.25) is 5.91 Å². The van der Waals surface area contributed by atoms with E-state index in [4.69, 9.17) is 17.0 Å². The maximum absolute atomic E-state index is 12.4. The third-order valence-corrected chi connectivity index (χ3v) is 5.60. The predicted octanol–water partition coefficient (Wildman–Crippen LogP) is 2.26. The van der Waals surface area contributed by atoms with Crippen LogP contribution in [0.5, 0.6) is 5.75 Å². The van der Waals surface area contributed by atoms with E-state index in [1.807, 2.05) is 24.3 Å². The first-order valence-electron chi connectivity index (χ1n) is 9.88. The highest BCUT2D eigenvalue weighted by atomic mass is 32.1. The molecule has 3 rings (SSSR count). The molecule has 0 saturated heterocycles. The molecule has 1 aromatic carbocycles. The number of rotatable bonds is 4. The molecule has 1 saturated carbocycles. The van der Waals surface area contributed by atoms with Gasteiger partial charge in [0.05, 0.1) is 5.69 Å². The maximum Gasteiger partial charge on any atom is 0.267 e. The topological polar surface area (TPSA) is 82.7 Å². The summed E-state index contributed by atoms with van der Waals surface area (Å²) in [4.78, 5) is 26.3. The molecule has 2 aliphatic rings. The number of nitrogens with one attached hydrogen (secondary N) is 3. The fourth-order valence-electron chi connectivity index (χ4n) is 3.73. The summed E-state index contributed by atoms with van der Waals surface area (Å²) in [6.07, 6.45) is 4.34. The minimum absolute atomic E-state index is 0.150. The lowest BCUT2D eigenvalue weighted by molar-refractivity contribution is -0.125. The van der Waals surface area contributed by atoms with Crippen molar-refractivity contribution in [1.29, 1.82) is 0 Å². The molecule has 1 fully saturated rings. The molecule has 8 heteroatoms. The van der Waals surface area contributed by atoms with Crippen molar-refractivity contribution >= 4 is 34.8 Å². The third-order valence-electron chi connectivity index (χ3n) is 5.38. The van der Waals surface area contributed by atoms with Crippen LogP contribution in [0.2, 0.25) is 0 Å². The molecule has 3 unspecified atom stereocenters. The molecule has 0 aromatic heterocycles. The molecular weight excluding hydrogens is 376 g/mol. The summed E-state index contributed by atoms with van der Waals surface area (Å²) in [5.74, 6) is 0.840. The number of carbonyl (C=O) groups excluding carboxylic acids is 2. The number of hydrogen-bond acceptors (Lipinski definition) is 4. The van der Waals surface area contributed by atoms with Gasteiger partial charge in [0.15, 0.2) is 11.2 Å². The Morgan fingerprint density at radius 3 is 2.75 bits per heavy atom. The second kappa shape index (κ2) is 9.23. The molecule has 2 amide bonds. The zero-order valence-electron chi connectivity index (χ0n) is 16.4. The van der Waals surface area contributed by atoms with Crippen LogP contribution in [0.15, 0.2) is 24.3 Å². The van der Waals surface area contributed by atoms with Crippen molar-refractivity contribution in [3.05, 3.63) is 24.3 Å². The van der Waals surface area contributed by atoms with E-state index in [1.54, 1.807) is 11.8 Å². The van der Waals surface area contributed by atoms with Crippen LogP contribution in [0.25, 0.3) is 0 Å². The minimum Gasteiger partial charge on any atom is -0.479 e. The van der Waals surface area contributed by atoms with Crippen molar-refractivity contribution in [2.45, 2.75) is 58.1 Å². The van der Waals surface area contributed by atoms with Gasteiger partial charge in [-0.3, -0.25) is 20.4 Å². The van der Waals surface area contributed by atoms with Crippen LogP contribution < -0.4 is 25.8 Å². The zero-order chi connectivity index (χ0) is 20.1. The normalized spacial score (nSPS) is 24.0. The fourth-order valence-corrected chi connectivity index (χ4v) is 3.93. The van der Waals surface area contributed by atoms with Crippen LogP contribution in [-0.4, -0.2) is 35.6 Å². The van der Waals surface area contributed by atoms with Gasteiger partial charge in [-0.2, -0.15) is 0 Å². The largest absolute Gasteiger partial charge is 0.479 e. The monoisotopic (exact) mass is 404 g/mol. The molecule has 1 heterocycles. The summed E-state index contributed by atoms with van der Waals surface area (Å²) in [7, 11) is 0. The summed E-state index contributed by atoms with van der Waals surface area (Å²) in [5.41, 5.74) is 6.07. The van der Waals surface area contributed by atoms with Crippen LogP contribution in [-0.2, 0) is 9.59 Å². The van der Waals surface area contributed by atoms with Crippen LogP contribution in [0.4, 0.5) is 5.69 Å². The Bertz CT molecular complexity index is 742. The Kier molecular flexibility index (Phi) is 6.72. The Hall–Kier alpha value is -2.35. The van der Waals surface area contributed by atoms with Gasteiger partial charge in [-0.15, -0.1) is 0 Å². The van der Waals surface area contributed by atoms with Gasteiger partial charge in [-0.1, -0.05) is 31.9 Å². The highest BCUT2D eigenvalue weighted by Crippen LogP contribution is 2.33. The average Bonchev–Trinajstić information content (AvgIpc) is 2.68. The number of hydrazine groups is 1. The van der Waals surface area contributed by atoms with Gasteiger partial charge in [0.25, 0.3) is 5.91 Å². The third kappa shape index (κ3) is 4.92. The molecule has 0 bridgehead atoms. The lowest BCUT2D eigenvalue weighted by atomic mass is 9.86. The molecule has 28 heavy (non-hydrogen) atoms. The van der Waals surface area contributed by atoms with E-state index in [-0.39, 0.29) is 24.8 Å². The zero-order valence-corrected chi connectivity index (χ0v) is 17.2. The maximum atomic E-state index is 12.4. The number of amides is 2. The minimum atomic E-state index is -0.564. The van der Waals surface area contributed by atoms with Crippen molar-refractivity contribution in [3.8, 4) is 5.75 Å². The van der Waals surface area contributed by atoms with Gasteiger partial charge >= 0.3 is 0 Å². The van der Waals surface area contributed by atoms with Gasteiger partial charge in [-0.25, -0.2) is 0 Å². The lowest BCUT2D eigenvalue weighted by Gasteiger charge is -2.33. The van der Waals surface area contributed by atoms with Crippen LogP contribution >= 0.6 is 12.2 Å². The first kappa shape index (κ1) is 20.4. The van der Waals surface area contributed by atoms with Crippen LogP contribution in [0, 0.1) is 5.92 Å². The standard InChI is InChI=1S/C20H28N4O3S/c1-13-7-3-4-8-15(13)21-20(28)23-22-18(25)11-12-24-16-9-5-6-10-17(16)27-14(2)19(24)26/h5-6,9-10,13-15H,3-4,7-8,11-12H2,1-2H3,(H,22,25)(H2,21,23,28). The van der Waals surface area contributed by atoms with Crippen molar-refractivity contribution in [3.63, 3.8) is 0 Å². The molecule has 1 aliphatic carbocycles. The highest BCUT2D eigenvalue weighted by molar-refractivity contribution is 7.80. The van der Waals surface area contributed by atoms with Crippen molar-refractivity contribution in [2.75, 3.05) is 11.4 Å². The Morgan fingerprint density at radius 2 is 1.96 bits per heavy atom. The number of hydrogen-bond donors (Lipinski definition) is 3. The quantitative estimate of drug-likeness (QED) is 0.528. The molecule has 1 aliphatic heterocycles. The van der Waals surface area contributed by atoms with Crippen LogP contribution in [0.1, 0.15) is 46.0 Å². The number of para-hydroxylation sites is 2. The molecular formula is C20H28N4O3S. The second-order valence-corrected chi connectivity index (χ2v) is 7.89. The van der Waals surface area contributed by atoms with E-state index >= 15 is 0 Å². The average molecular weight is 405 g/mol. The highest BCUT2D eigenvalue weighted by Gasteiger charge is 2.31. The predicted molar refractivity (Wildman–Crippen MR) is 112 cm³/mol. The number of thiocarbonyl (C=S) groups is 1. The van der Waals surface area contributed by atoms with Gasteiger partial charge < -0.3 is 15.0 Å². The van der Waals surface area contributed by atoms with E-state index < -0.39 is 6.10 Å².